The molecule has 112 valence electrons. The predicted molar refractivity (Wildman–Crippen MR) is 75.9 cm³/mol. The molecule has 0 aromatic heterocycles. The number of hydrogen-bond acceptors (Lipinski definition) is 5. The molecule has 0 bridgehead atoms. The van der Waals surface area contributed by atoms with Crippen molar-refractivity contribution in [1.82, 2.24) is 4.90 Å². The lowest BCUT2D eigenvalue weighted by molar-refractivity contribution is -0.127. The Kier molecular flexibility index (Phi) is 6.89. The van der Waals surface area contributed by atoms with Crippen LogP contribution in [0.25, 0.3) is 0 Å². The van der Waals surface area contributed by atoms with Crippen LogP contribution >= 0.6 is 0 Å². The van der Waals surface area contributed by atoms with Crippen LogP contribution in [-0.2, 0) is 9.53 Å². The summed E-state index contributed by atoms with van der Waals surface area (Å²) in [6.07, 6.45) is 2.43. The van der Waals surface area contributed by atoms with Gasteiger partial charge in [-0.25, -0.2) is 4.39 Å². The molecule has 0 aromatic rings. The first-order chi connectivity index (χ1) is 9.63. The van der Waals surface area contributed by atoms with E-state index in [1.807, 2.05) is 0 Å². The molecule has 0 saturated carbocycles. The van der Waals surface area contributed by atoms with E-state index in [-0.39, 0.29) is 19.0 Å². The Labute approximate surface area is 118 Å². The lowest BCUT2D eigenvalue weighted by Gasteiger charge is -2.27. The van der Waals surface area contributed by atoms with Gasteiger partial charge in [0.1, 0.15) is 0 Å². The van der Waals surface area contributed by atoms with Gasteiger partial charge in [0.2, 0.25) is 0 Å². The molecule has 1 amide bonds. The average molecular weight is 284 g/mol. The van der Waals surface area contributed by atoms with E-state index < -0.39 is 0 Å². The molecule has 1 rings (SSSR count). The van der Waals surface area contributed by atoms with Gasteiger partial charge in [-0.05, 0) is 5.57 Å². The van der Waals surface area contributed by atoms with Gasteiger partial charge in [-0.3, -0.25) is 9.79 Å². The van der Waals surface area contributed by atoms with Gasteiger partial charge in [0.25, 0.3) is 5.91 Å². The Morgan fingerprint density at radius 3 is 2.95 bits per heavy atom. The smallest absolute Gasteiger partial charge is 0.257 e. The summed E-state index contributed by atoms with van der Waals surface area (Å²) in [4.78, 5) is 17.9. The van der Waals surface area contributed by atoms with E-state index in [9.17, 15) is 9.18 Å². The maximum absolute atomic E-state index is 12.3. The molecule has 1 aliphatic rings. The first-order valence-electron chi connectivity index (χ1n) is 6.38. The van der Waals surface area contributed by atoms with E-state index in [0.717, 1.165) is 0 Å². The Balaban J connectivity index is 2.71. The van der Waals surface area contributed by atoms with E-state index in [1.54, 1.807) is 12.0 Å². The molecule has 1 aliphatic heterocycles. The van der Waals surface area contributed by atoms with Crippen molar-refractivity contribution < 1.29 is 13.9 Å². The van der Waals surface area contributed by atoms with Crippen LogP contribution in [0.5, 0.6) is 0 Å². The highest BCUT2D eigenvalue weighted by Gasteiger charge is 2.24. The molecule has 4 N–H and O–H groups in total. The number of rotatable bonds is 7. The molecule has 0 unspecified atom stereocenters. The van der Waals surface area contributed by atoms with E-state index in [1.165, 1.54) is 6.21 Å². The molecule has 0 aromatic carbocycles. The van der Waals surface area contributed by atoms with E-state index in [4.69, 9.17) is 16.2 Å². The van der Waals surface area contributed by atoms with Gasteiger partial charge >= 0.3 is 0 Å². The van der Waals surface area contributed by atoms with Gasteiger partial charge in [-0.15, -0.1) is 0 Å². The van der Waals surface area contributed by atoms with E-state index in [2.05, 4.69) is 4.99 Å². The Hall–Kier alpha value is -1.73. The number of nitrogens with two attached hydrogens (primary N) is 2. The molecule has 20 heavy (non-hydrogen) atoms. The lowest BCUT2D eigenvalue weighted by Crippen LogP contribution is -2.41. The van der Waals surface area contributed by atoms with Crippen LogP contribution in [0.4, 0.5) is 4.39 Å². The molecule has 6 nitrogen and oxygen atoms in total. The molecule has 0 atom stereocenters. The van der Waals surface area contributed by atoms with Crippen molar-refractivity contribution in [2.75, 3.05) is 39.9 Å². The molecule has 0 spiro atoms. The Bertz CT molecular complexity index is 432. The molecule has 0 aliphatic carbocycles. The number of aliphatic imine (C=N–C) groups is 1. The number of hydrogen-bond donors (Lipinski definition) is 2. The molecule has 1 heterocycles. The molecular weight excluding hydrogens is 263 g/mol. The Morgan fingerprint density at radius 1 is 1.60 bits per heavy atom. The second kappa shape index (κ2) is 8.44. The number of carbonyl (C=O) groups is 1. The van der Waals surface area contributed by atoms with Crippen molar-refractivity contribution in [2.45, 2.75) is 6.42 Å². The minimum Gasteiger partial charge on any atom is -0.401 e. The second-order valence-corrected chi connectivity index (χ2v) is 4.42. The summed E-state index contributed by atoms with van der Waals surface area (Å²) in [6.45, 7) is 1.77. The van der Waals surface area contributed by atoms with Crippen LogP contribution in [0.3, 0.4) is 0 Å². The maximum Gasteiger partial charge on any atom is 0.257 e. The number of ether oxygens (including phenoxy) is 1. The van der Waals surface area contributed by atoms with Crippen LogP contribution in [0.15, 0.2) is 28.2 Å². The average Bonchev–Trinajstić information content (AvgIpc) is 2.46. The lowest BCUT2D eigenvalue weighted by atomic mass is 10.1. The highest BCUT2D eigenvalue weighted by molar-refractivity contribution is 6.13. The summed E-state index contributed by atoms with van der Waals surface area (Å²) in [7, 11) is 1.58. The summed E-state index contributed by atoms with van der Waals surface area (Å²) in [5, 5.41) is 0. The zero-order valence-corrected chi connectivity index (χ0v) is 11.6. The number of halogens is 1. The quantitative estimate of drug-likeness (QED) is 0.641. The maximum atomic E-state index is 12.3. The number of carbonyl (C=O) groups excluding carboxylic acids is 1. The fourth-order valence-electron chi connectivity index (χ4n) is 1.75. The van der Waals surface area contributed by atoms with E-state index >= 15 is 0 Å². The standard InChI is InChI=1S/C13H21FN4O2/c1-20-5-4-18-3-2-12(16)11(13(18)19)9-17-8-10(6-14)7-15/h6,9H,2-5,7-8,15-16H2,1H3/b10-6+,17-9?. The van der Waals surface area contributed by atoms with Crippen molar-refractivity contribution in [3.05, 3.63) is 23.2 Å². The van der Waals surface area contributed by atoms with Crippen molar-refractivity contribution in [1.29, 1.82) is 0 Å². The molecule has 0 saturated heterocycles. The van der Waals surface area contributed by atoms with Gasteiger partial charge < -0.3 is 21.1 Å². The SMILES string of the molecule is COCCN1CCC(N)=C(C=NC/C(=C/F)CN)C1=O. The van der Waals surface area contributed by atoms with Gasteiger partial charge in [0.05, 0.1) is 25.1 Å². The number of methoxy groups -OCH3 is 1. The Morgan fingerprint density at radius 2 is 2.35 bits per heavy atom. The minimum absolute atomic E-state index is 0.0935. The second-order valence-electron chi connectivity index (χ2n) is 4.42. The normalized spacial score (nSPS) is 17.4. The predicted octanol–water partition coefficient (Wildman–Crippen LogP) is -0.0392. The monoisotopic (exact) mass is 284 g/mol. The highest BCUT2D eigenvalue weighted by atomic mass is 19.1. The first kappa shape index (κ1) is 16.3. The first-order valence-corrected chi connectivity index (χ1v) is 6.38. The van der Waals surface area contributed by atoms with Crippen LogP contribution in [0.2, 0.25) is 0 Å². The number of amides is 1. The van der Waals surface area contributed by atoms with Gasteiger partial charge in [0, 0.05) is 45.1 Å². The van der Waals surface area contributed by atoms with Crippen LogP contribution in [-0.4, -0.2) is 56.9 Å². The minimum atomic E-state index is -0.173. The fourth-order valence-corrected chi connectivity index (χ4v) is 1.75. The van der Waals surface area contributed by atoms with Crippen LogP contribution in [0, 0.1) is 0 Å². The molecular formula is C13H21FN4O2. The fraction of sp³-hybridized carbons (Fsp3) is 0.538. The highest BCUT2D eigenvalue weighted by Crippen LogP contribution is 2.14. The molecule has 7 heteroatoms. The summed E-state index contributed by atoms with van der Waals surface area (Å²) >= 11 is 0. The summed E-state index contributed by atoms with van der Waals surface area (Å²) in [5.74, 6) is -0.173. The summed E-state index contributed by atoms with van der Waals surface area (Å²) < 4.78 is 17.3. The van der Waals surface area contributed by atoms with Crippen molar-refractivity contribution in [3.63, 3.8) is 0 Å². The summed E-state index contributed by atoms with van der Waals surface area (Å²) in [6, 6.07) is 0. The van der Waals surface area contributed by atoms with Crippen molar-refractivity contribution in [2.24, 2.45) is 16.5 Å². The zero-order chi connectivity index (χ0) is 15.0. The van der Waals surface area contributed by atoms with Gasteiger partial charge in [-0.2, -0.15) is 0 Å². The van der Waals surface area contributed by atoms with Crippen molar-refractivity contribution >= 4 is 12.1 Å². The number of nitrogens with zero attached hydrogens (tertiary/aromatic N) is 2. The van der Waals surface area contributed by atoms with Gasteiger partial charge in [-0.1, -0.05) is 0 Å². The largest absolute Gasteiger partial charge is 0.401 e. The van der Waals surface area contributed by atoms with Crippen molar-refractivity contribution in [3.8, 4) is 0 Å². The van der Waals surface area contributed by atoms with Crippen LogP contribution in [0.1, 0.15) is 6.42 Å². The third-order valence-electron chi connectivity index (χ3n) is 3.01. The topological polar surface area (TPSA) is 93.9 Å². The molecule has 0 fully saturated rings. The summed E-state index contributed by atoms with van der Waals surface area (Å²) in [5.41, 5.74) is 12.4. The third kappa shape index (κ3) is 4.43. The van der Waals surface area contributed by atoms with Gasteiger partial charge in [0.15, 0.2) is 0 Å². The third-order valence-corrected chi connectivity index (χ3v) is 3.01. The zero-order valence-electron chi connectivity index (χ0n) is 11.6. The molecule has 0 radical (unpaired) electrons. The van der Waals surface area contributed by atoms with Crippen LogP contribution < -0.4 is 11.5 Å². The van der Waals surface area contributed by atoms with E-state index in [0.29, 0.717) is 49.3 Å².